The van der Waals surface area contributed by atoms with Crippen LogP contribution < -0.4 is 9.64 Å². The summed E-state index contributed by atoms with van der Waals surface area (Å²) in [6, 6.07) is 17.0. The van der Waals surface area contributed by atoms with Gasteiger partial charge in [0.1, 0.15) is 10.7 Å². The number of thiocarbonyl (C=S) groups is 1. The Labute approximate surface area is 162 Å². The highest BCUT2D eigenvalue weighted by atomic mass is 32.1. The van der Waals surface area contributed by atoms with Crippen LogP contribution in [0.2, 0.25) is 0 Å². The number of ether oxygens (including phenoxy) is 1. The number of nitrogens with zero attached hydrogens (tertiary/aromatic N) is 2. The van der Waals surface area contributed by atoms with E-state index in [2.05, 4.69) is 67.0 Å². The average Bonchev–Trinajstić information content (AvgIpc) is 2.67. The molecule has 138 valence electrons. The summed E-state index contributed by atoms with van der Waals surface area (Å²) in [5.74, 6) is 0.896. The van der Waals surface area contributed by atoms with Gasteiger partial charge in [0.25, 0.3) is 0 Å². The normalized spacial score (nSPS) is 15.1. The average molecular weight is 369 g/mol. The number of hydrogen-bond acceptors (Lipinski definition) is 3. The van der Waals surface area contributed by atoms with Crippen LogP contribution in [-0.2, 0) is 5.41 Å². The lowest BCUT2D eigenvalue weighted by molar-refractivity contribution is 0.392. The molecular formula is C22H28N2OS. The molecule has 0 radical (unpaired) electrons. The molecule has 2 aromatic rings. The molecule has 4 heteroatoms. The van der Waals surface area contributed by atoms with E-state index in [0.717, 1.165) is 42.5 Å². The molecule has 0 aromatic heterocycles. The SMILES string of the molecule is COc1ccc(N2CCN(C(=S)c3ccc(C(C)(C)C)cc3)CC2)cc1. The van der Waals surface area contributed by atoms with E-state index in [9.17, 15) is 0 Å². The van der Waals surface area contributed by atoms with Crippen molar-refractivity contribution in [2.24, 2.45) is 0 Å². The van der Waals surface area contributed by atoms with Crippen molar-refractivity contribution in [3.63, 3.8) is 0 Å². The predicted molar refractivity (Wildman–Crippen MR) is 114 cm³/mol. The summed E-state index contributed by atoms with van der Waals surface area (Å²) in [5.41, 5.74) is 3.90. The summed E-state index contributed by atoms with van der Waals surface area (Å²) in [6.45, 7) is 10.6. The van der Waals surface area contributed by atoms with Crippen LogP contribution in [0.3, 0.4) is 0 Å². The molecule has 1 heterocycles. The molecule has 0 saturated carbocycles. The molecule has 0 bridgehead atoms. The van der Waals surface area contributed by atoms with E-state index in [1.165, 1.54) is 11.3 Å². The van der Waals surface area contributed by atoms with Crippen molar-refractivity contribution >= 4 is 22.9 Å². The first-order chi connectivity index (χ1) is 12.4. The van der Waals surface area contributed by atoms with Crippen molar-refractivity contribution in [1.29, 1.82) is 0 Å². The van der Waals surface area contributed by atoms with Crippen molar-refractivity contribution in [3.8, 4) is 5.75 Å². The maximum absolute atomic E-state index is 5.76. The Morgan fingerprint density at radius 2 is 1.46 bits per heavy atom. The fourth-order valence-corrected chi connectivity index (χ4v) is 3.57. The Balaban J connectivity index is 1.61. The number of methoxy groups -OCH3 is 1. The van der Waals surface area contributed by atoms with Gasteiger partial charge in [-0.15, -0.1) is 0 Å². The van der Waals surface area contributed by atoms with Gasteiger partial charge in [0.2, 0.25) is 0 Å². The van der Waals surface area contributed by atoms with E-state index in [1.807, 2.05) is 12.1 Å². The van der Waals surface area contributed by atoms with Gasteiger partial charge in [-0.2, -0.15) is 0 Å². The summed E-state index contributed by atoms with van der Waals surface area (Å²) >= 11 is 5.76. The second kappa shape index (κ2) is 7.67. The Kier molecular flexibility index (Phi) is 5.52. The first-order valence-electron chi connectivity index (χ1n) is 9.17. The molecule has 3 nitrogen and oxygen atoms in total. The smallest absolute Gasteiger partial charge is 0.119 e. The maximum Gasteiger partial charge on any atom is 0.119 e. The minimum absolute atomic E-state index is 0.171. The number of rotatable bonds is 3. The minimum Gasteiger partial charge on any atom is -0.497 e. The first-order valence-corrected chi connectivity index (χ1v) is 9.58. The predicted octanol–water partition coefficient (Wildman–Crippen LogP) is 4.49. The number of hydrogen-bond donors (Lipinski definition) is 0. The summed E-state index contributed by atoms with van der Waals surface area (Å²) in [7, 11) is 1.70. The molecule has 26 heavy (non-hydrogen) atoms. The van der Waals surface area contributed by atoms with Gasteiger partial charge in [0.05, 0.1) is 7.11 Å². The van der Waals surface area contributed by atoms with Crippen LogP contribution in [0, 0.1) is 0 Å². The van der Waals surface area contributed by atoms with Gasteiger partial charge in [-0.25, -0.2) is 0 Å². The molecule has 1 fully saturated rings. The van der Waals surface area contributed by atoms with Crippen LogP contribution in [-0.4, -0.2) is 43.2 Å². The fourth-order valence-electron chi connectivity index (χ4n) is 3.26. The van der Waals surface area contributed by atoms with Gasteiger partial charge in [0.15, 0.2) is 0 Å². The lowest BCUT2D eigenvalue weighted by Crippen LogP contribution is -2.48. The van der Waals surface area contributed by atoms with Gasteiger partial charge in [-0.1, -0.05) is 57.3 Å². The molecule has 1 aliphatic rings. The second-order valence-electron chi connectivity index (χ2n) is 7.80. The largest absolute Gasteiger partial charge is 0.497 e. The zero-order valence-corrected chi connectivity index (χ0v) is 17.0. The highest BCUT2D eigenvalue weighted by Crippen LogP contribution is 2.24. The number of piperazine rings is 1. The molecular weight excluding hydrogens is 340 g/mol. The third-order valence-corrected chi connectivity index (χ3v) is 5.50. The zero-order chi connectivity index (χ0) is 18.7. The summed E-state index contributed by atoms with van der Waals surface area (Å²) in [5, 5.41) is 0. The summed E-state index contributed by atoms with van der Waals surface area (Å²) in [6.07, 6.45) is 0. The van der Waals surface area contributed by atoms with Crippen molar-refractivity contribution < 1.29 is 4.74 Å². The highest BCUT2D eigenvalue weighted by Gasteiger charge is 2.20. The van der Waals surface area contributed by atoms with E-state index < -0.39 is 0 Å². The van der Waals surface area contributed by atoms with Crippen molar-refractivity contribution in [1.82, 2.24) is 4.90 Å². The Bertz CT molecular complexity index is 739. The summed E-state index contributed by atoms with van der Waals surface area (Å²) in [4.78, 5) is 5.68. The van der Waals surface area contributed by atoms with Crippen LogP contribution in [0.1, 0.15) is 31.9 Å². The first kappa shape index (κ1) is 18.7. The van der Waals surface area contributed by atoms with Crippen molar-refractivity contribution in [2.45, 2.75) is 26.2 Å². The third-order valence-electron chi connectivity index (χ3n) is 5.00. The van der Waals surface area contributed by atoms with Crippen LogP contribution in [0.25, 0.3) is 0 Å². The van der Waals surface area contributed by atoms with Gasteiger partial charge < -0.3 is 14.5 Å². The van der Waals surface area contributed by atoms with Crippen LogP contribution in [0.5, 0.6) is 5.75 Å². The molecule has 0 N–H and O–H groups in total. The number of benzene rings is 2. The molecule has 1 aliphatic heterocycles. The second-order valence-corrected chi connectivity index (χ2v) is 8.19. The lowest BCUT2D eigenvalue weighted by atomic mass is 9.87. The van der Waals surface area contributed by atoms with Crippen LogP contribution in [0.4, 0.5) is 5.69 Å². The summed E-state index contributed by atoms with van der Waals surface area (Å²) < 4.78 is 5.24. The van der Waals surface area contributed by atoms with E-state index in [0.29, 0.717) is 0 Å². The monoisotopic (exact) mass is 368 g/mol. The molecule has 0 unspecified atom stereocenters. The van der Waals surface area contributed by atoms with Gasteiger partial charge in [0, 0.05) is 37.4 Å². The molecule has 0 amide bonds. The van der Waals surface area contributed by atoms with Crippen molar-refractivity contribution in [2.75, 3.05) is 38.2 Å². The van der Waals surface area contributed by atoms with Gasteiger partial charge in [-0.3, -0.25) is 0 Å². The Morgan fingerprint density at radius 1 is 0.885 bits per heavy atom. The van der Waals surface area contributed by atoms with E-state index in [-0.39, 0.29) is 5.41 Å². The van der Waals surface area contributed by atoms with E-state index in [1.54, 1.807) is 7.11 Å². The zero-order valence-electron chi connectivity index (χ0n) is 16.2. The van der Waals surface area contributed by atoms with Crippen LogP contribution >= 0.6 is 12.2 Å². The molecule has 3 rings (SSSR count). The molecule has 0 aliphatic carbocycles. The van der Waals surface area contributed by atoms with E-state index >= 15 is 0 Å². The van der Waals surface area contributed by atoms with Gasteiger partial charge >= 0.3 is 0 Å². The standard InChI is InChI=1S/C22H28N2OS/c1-22(2,3)18-7-5-17(6-8-18)21(26)24-15-13-23(14-16-24)19-9-11-20(25-4)12-10-19/h5-12H,13-16H2,1-4H3. The van der Waals surface area contributed by atoms with Gasteiger partial charge in [-0.05, 0) is 35.2 Å². The number of anilines is 1. The lowest BCUT2D eigenvalue weighted by Gasteiger charge is -2.37. The minimum atomic E-state index is 0.171. The maximum atomic E-state index is 5.76. The highest BCUT2D eigenvalue weighted by molar-refractivity contribution is 7.80. The Morgan fingerprint density at radius 3 is 1.96 bits per heavy atom. The van der Waals surface area contributed by atoms with Crippen LogP contribution in [0.15, 0.2) is 48.5 Å². The topological polar surface area (TPSA) is 15.7 Å². The van der Waals surface area contributed by atoms with Crippen molar-refractivity contribution in [3.05, 3.63) is 59.7 Å². The third kappa shape index (κ3) is 4.18. The quantitative estimate of drug-likeness (QED) is 0.742. The fraction of sp³-hybridized carbons (Fsp3) is 0.409. The molecule has 0 spiro atoms. The van der Waals surface area contributed by atoms with E-state index in [4.69, 9.17) is 17.0 Å². The molecule has 1 saturated heterocycles. The molecule has 2 aromatic carbocycles. The molecule has 0 atom stereocenters. The Hall–Kier alpha value is -2.07.